The molecular weight excluding hydrogens is 244 g/mol. The molecule has 0 aromatic heterocycles. The number of benzene rings is 2. The summed E-state index contributed by atoms with van der Waals surface area (Å²) in [5, 5.41) is 0. The molecule has 0 amide bonds. The van der Waals surface area contributed by atoms with Crippen LogP contribution in [0.15, 0.2) is 60.7 Å². The van der Waals surface area contributed by atoms with Gasteiger partial charge in [0, 0.05) is 11.0 Å². The Morgan fingerprint density at radius 2 is 1.45 bits per heavy atom. The van der Waals surface area contributed by atoms with Crippen molar-refractivity contribution in [3.05, 3.63) is 71.8 Å². The first kappa shape index (κ1) is 13.1. The molecule has 20 heavy (non-hydrogen) atoms. The molecule has 2 aromatic carbocycles. The quantitative estimate of drug-likeness (QED) is 0.742. The summed E-state index contributed by atoms with van der Waals surface area (Å²) in [7, 11) is 0. The molecule has 0 spiro atoms. The average Bonchev–Trinajstić information content (AvgIpc) is 3.02. The van der Waals surface area contributed by atoms with Gasteiger partial charge in [0.15, 0.2) is 5.78 Å². The van der Waals surface area contributed by atoms with Crippen LogP contribution in [0.3, 0.4) is 0 Å². The Labute approximate surface area is 120 Å². The first-order chi connectivity index (χ1) is 9.55. The minimum atomic E-state index is -0.226. The van der Waals surface area contributed by atoms with Crippen molar-refractivity contribution in [2.75, 3.05) is 0 Å². The third-order valence-corrected chi connectivity index (χ3v) is 4.73. The second kappa shape index (κ2) is 4.59. The molecule has 1 heteroatoms. The number of carbonyl (C=O) groups is 1. The van der Waals surface area contributed by atoms with Gasteiger partial charge in [0.1, 0.15) is 0 Å². The van der Waals surface area contributed by atoms with E-state index < -0.39 is 0 Å². The molecule has 1 aliphatic rings. The molecule has 1 nitrogen and oxygen atoms in total. The Morgan fingerprint density at radius 3 is 1.95 bits per heavy atom. The van der Waals surface area contributed by atoms with Crippen LogP contribution >= 0.6 is 0 Å². The summed E-state index contributed by atoms with van der Waals surface area (Å²) in [5.74, 6) is 0.298. The SMILES string of the molecule is CC1(C)CC1(Cc1ccccc1)C(=O)c1ccccc1. The lowest BCUT2D eigenvalue weighted by Crippen LogP contribution is -2.24. The predicted molar refractivity (Wildman–Crippen MR) is 81.7 cm³/mol. The molecule has 3 rings (SSSR count). The van der Waals surface area contributed by atoms with E-state index in [1.807, 2.05) is 48.5 Å². The topological polar surface area (TPSA) is 17.1 Å². The van der Waals surface area contributed by atoms with Crippen molar-refractivity contribution in [1.29, 1.82) is 0 Å². The van der Waals surface area contributed by atoms with E-state index in [4.69, 9.17) is 0 Å². The summed E-state index contributed by atoms with van der Waals surface area (Å²) in [4.78, 5) is 12.9. The Balaban J connectivity index is 1.93. The van der Waals surface area contributed by atoms with E-state index in [-0.39, 0.29) is 10.8 Å². The minimum Gasteiger partial charge on any atom is -0.294 e. The molecular formula is C19H20O. The first-order valence-corrected chi connectivity index (χ1v) is 7.19. The van der Waals surface area contributed by atoms with Gasteiger partial charge in [-0.3, -0.25) is 4.79 Å². The molecule has 0 bridgehead atoms. The van der Waals surface area contributed by atoms with Gasteiger partial charge in [-0.15, -0.1) is 0 Å². The fourth-order valence-corrected chi connectivity index (χ4v) is 3.29. The van der Waals surface area contributed by atoms with E-state index in [1.54, 1.807) is 0 Å². The molecule has 102 valence electrons. The summed E-state index contributed by atoms with van der Waals surface area (Å²) >= 11 is 0. The van der Waals surface area contributed by atoms with Gasteiger partial charge in [0.05, 0.1) is 0 Å². The van der Waals surface area contributed by atoms with Gasteiger partial charge < -0.3 is 0 Å². The summed E-state index contributed by atoms with van der Waals surface area (Å²) in [6.45, 7) is 4.41. The maximum Gasteiger partial charge on any atom is 0.169 e. The summed E-state index contributed by atoms with van der Waals surface area (Å²) < 4.78 is 0. The predicted octanol–water partition coefficient (Wildman–Crippen LogP) is 4.53. The Bertz CT molecular complexity index is 613. The summed E-state index contributed by atoms with van der Waals surface area (Å²) in [6.07, 6.45) is 1.82. The highest BCUT2D eigenvalue weighted by Gasteiger charge is 2.65. The van der Waals surface area contributed by atoms with E-state index in [2.05, 4.69) is 26.0 Å². The van der Waals surface area contributed by atoms with Crippen LogP contribution in [0.2, 0.25) is 0 Å². The largest absolute Gasteiger partial charge is 0.294 e. The average molecular weight is 264 g/mol. The van der Waals surface area contributed by atoms with E-state index in [9.17, 15) is 4.79 Å². The molecule has 0 aliphatic heterocycles. The van der Waals surface area contributed by atoms with Gasteiger partial charge in [0.2, 0.25) is 0 Å². The van der Waals surface area contributed by atoms with Gasteiger partial charge in [-0.2, -0.15) is 0 Å². The highest BCUT2D eigenvalue weighted by atomic mass is 16.1. The Hall–Kier alpha value is -1.89. The van der Waals surface area contributed by atoms with Crippen LogP contribution in [0.5, 0.6) is 0 Å². The van der Waals surface area contributed by atoms with Crippen molar-refractivity contribution >= 4 is 5.78 Å². The summed E-state index contributed by atoms with van der Waals surface area (Å²) in [6, 6.07) is 20.1. The molecule has 0 saturated heterocycles. The van der Waals surface area contributed by atoms with Crippen molar-refractivity contribution in [3.63, 3.8) is 0 Å². The molecule has 1 saturated carbocycles. The third-order valence-electron chi connectivity index (χ3n) is 4.73. The van der Waals surface area contributed by atoms with Crippen molar-refractivity contribution in [1.82, 2.24) is 0 Å². The van der Waals surface area contributed by atoms with Crippen molar-refractivity contribution in [3.8, 4) is 0 Å². The molecule has 2 aromatic rings. The highest BCUT2D eigenvalue weighted by molar-refractivity contribution is 6.03. The fourth-order valence-electron chi connectivity index (χ4n) is 3.29. The number of carbonyl (C=O) groups excluding carboxylic acids is 1. The van der Waals surface area contributed by atoms with Crippen LogP contribution in [0.1, 0.15) is 36.2 Å². The van der Waals surface area contributed by atoms with Crippen molar-refractivity contribution in [2.24, 2.45) is 10.8 Å². The van der Waals surface area contributed by atoms with E-state index in [0.29, 0.717) is 5.78 Å². The zero-order valence-electron chi connectivity index (χ0n) is 12.1. The van der Waals surface area contributed by atoms with Crippen LogP contribution < -0.4 is 0 Å². The summed E-state index contributed by atoms with van der Waals surface area (Å²) in [5.41, 5.74) is 1.96. The third kappa shape index (κ3) is 2.07. The second-order valence-electron chi connectivity index (χ2n) is 6.50. The number of hydrogen-bond acceptors (Lipinski definition) is 1. The molecule has 0 N–H and O–H groups in total. The zero-order valence-corrected chi connectivity index (χ0v) is 12.1. The first-order valence-electron chi connectivity index (χ1n) is 7.19. The lowest BCUT2D eigenvalue weighted by atomic mass is 9.82. The van der Waals surface area contributed by atoms with E-state index >= 15 is 0 Å². The monoisotopic (exact) mass is 264 g/mol. The van der Waals surface area contributed by atoms with Crippen molar-refractivity contribution < 1.29 is 4.79 Å². The van der Waals surface area contributed by atoms with Crippen LogP contribution in [0, 0.1) is 10.8 Å². The normalized spacial score (nSPS) is 23.3. The number of ketones is 1. The van der Waals surface area contributed by atoms with Crippen LogP contribution in [-0.4, -0.2) is 5.78 Å². The highest BCUT2D eigenvalue weighted by Crippen LogP contribution is 2.66. The van der Waals surface area contributed by atoms with E-state index in [1.165, 1.54) is 5.56 Å². The van der Waals surface area contributed by atoms with Crippen LogP contribution in [0.4, 0.5) is 0 Å². The molecule has 0 radical (unpaired) electrons. The smallest absolute Gasteiger partial charge is 0.169 e. The van der Waals surface area contributed by atoms with Crippen molar-refractivity contribution in [2.45, 2.75) is 26.7 Å². The van der Waals surface area contributed by atoms with Crippen LogP contribution in [0.25, 0.3) is 0 Å². The maximum atomic E-state index is 12.9. The second-order valence-corrected chi connectivity index (χ2v) is 6.50. The zero-order chi connectivity index (χ0) is 14.2. The number of Topliss-reactive ketones (excluding diaryl/α,β-unsaturated/α-hetero) is 1. The molecule has 0 heterocycles. The fraction of sp³-hybridized carbons (Fsp3) is 0.316. The van der Waals surface area contributed by atoms with E-state index in [0.717, 1.165) is 18.4 Å². The standard InChI is InChI=1S/C19H20O/c1-18(2)14-19(18,13-15-9-5-3-6-10-15)17(20)16-11-7-4-8-12-16/h3-12H,13-14H2,1-2H3. The van der Waals surface area contributed by atoms with Gasteiger partial charge >= 0.3 is 0 Å². The van der Waals surface area contributed by atoms with Gasteiger partial charge in [-0.1, -0.05) is 74.5 Å². The Morgan fingerprint density at radius 1 is 0.950 bits per heavy atom. The lowest BCUT2D eigenvalue weighted by Gasteiger charge is -2.19. The van der Waals surface area contributed by atoms with Gasteiger partial charge in [-0.05, 0) is 23.8 Å². The van der Waals surface area contributed by atoms with Crippen LogP contribution in [-0.2, 0) is 6.42 Å². The number of hydrogen-bond donors (Lipinski definition) is 0. The van der Waals surface area contributed by atoms with Gasteiger partial charge in [-0.25, -0.2) is 0 Å². The maximum absolute atomic E-state index is 12.9. The molecule has 1 fully saturated rings. The minimum absolute atomic E-state index is 0.0930. The number of rotatable bonds is 4. The lowest BCUT2D eigenvalue weighted by molar-refractivity contribution is 0.0868. The Kier molecular flexibility index (Phi) is 3.01. The molecule has 1 unspecified atom stereocenters. The van der Waals surface area contributed by atoms with Gasteiger partial charge in [0.25, 0.3) is 0 Å². The molecule has 1 aliphatic carbocycles. The molecule has 1 atom stereocenters.